The quantitative estimate of drug-likeness (QED) is 0.839. The summed E-state index contributed by atoms with van der Waals surface area (Å²) >= 11 is 6.00. The molecule has 0 unspecified atom stereocenters. The highest BCUT2D eigenvalue weighted by molar-refractivity contribution is 6.31. The van der Waals surface area contributed by atoms with Crippen LogP contribution in [-0.2, 0) is 7.05 Å². The number of rotatable bonds is 1. The van der Waals surface area contributed by atoms with Gasteiger partial charge in [0.1, 0.15) is 0 Å². The van der Waals surface area contributed by atoms with E-state index in [4.69, 9.17) is 11.6 Å². The Balaban J connectivity index is 2.17. The molecule has 21 heavy (non-hydrogen) atoms. The number of fused-ring (bicyclic) bond motifs is 1. The SMILES string of the molecule is Cn1nc(C(=O)N2CCNCC2)c2cc(Cl)ccc2c1=O. The number of aromatic nitrogens is 2. The van der Waals surface area contributed by atoms with E-state index >= 15 is 0 Å². The first-order valence-corrected chi connectivity index (χ1v) is 7.12. The molecule has 110 valence electrons. The van der Waals surface area contributed by atoms with Crippen LogP contribution in [0.25, 0.3) is 10.8 Å². The molecule has 6 nitrogen and oxygen atoms in total. The molecule has 1 aliphatic rings. The molecule has 0 saturated carbocycles. The smallest absolute Gasteiger partial charge is 0.275 e. The van der Waals surface area contributed by atoms with Crippen molar-refractivity contribution in [3.05, 3.63) is 39.3 Å². The highest BCUT2D eigenvalue weighted by atomic mass is 35.5. The molecule has 0 aliphatic carbocycles. The lowest BCUT2D eigenvalue weighted by atomic mass is 10.1. The van der Waals surface area contributed by atoms with Crippen molar-refractivity contribution >= 4 is 28.3 Å². The van der Waals surface area contributed by atoms with Gasteiger partial charge in [-0.25, -0.2) is 4.68 Å². The van der Waals surface area contributed by atoms with E-state index in [0.29, 0.717) is 28.9 Å². The molecule has 0 spiro atoms. The number of hydrogen-bond donors (Lipinski definition) is 1. The Labute approximate surface area is 126 Å². The lowest BCUT2D eigenvalue weighted by Crippen LogP contribution is -2.47. The fourth-order valence-corrected chi connectivity index (χ4v) is 2.67. The summed E-state index contributed by atoms with van der Waals surface area (Å²) in [5.41, 5.74) is 0.0371. The first kappa shape index (κ1) is 14.0. The monoisotopic (exact) mass is 306 g/mol. The minimum Gasteiger partial charge on any atom is -0.335 e. The second-order valence-corrected chi connectivity index (χ2v) is 5.45. The van der Waals surface area contributed by atoms with E-state index in [1.165, 1.54) is 4.68 Å². The molecule has 1 aliphatic heterocycles. The fourth-order valence-electron chi connectivity index (χ4n) is 2.50. The van der Waals surface area contributed by atoms with Gasteiger partial charge in [0, 0.05) is 43.6 Å². The lowest BCUT2D eigenvalue weighted by molar-refractivity contribution is 0.0729. The summed E-state index contributed by atoms with van der Waals surface area (Å²) in [7, 11) is 1.55. The highest BCUT2D eigenvalue weighted by Crippen LogP contribution is 2.20. The van der Waals surface area contributed by atoms with Gasteiger partial charge in [-0.15, -0.1) is 0 Å². The molecule has 3 rings (SSSR count). The minimum absolute atomic E-state index is 0.167. The third-order valence-electron chi connectivity index (χ3n) is 3.62. The Hall–Kier alpha value is -1.92. The molecule has 1 fully saturated rings. The van der Waals surface area contributed by atoms with Gasteiger partial charge in [0.05, 0.1) is 5.39 Å². The number of amides is 1. The fraction of sp³-hybridized carbons (Fsp3) is 0.357. The van der Waals surface area contributed by atoms with Gasteiger partial charge in [-0.05, 0) is 18.2 Å². The Kier molecular flexibility index (Phi) is 3.65. The number of piperazine rings is 1. The number of nitrogens with one attached hydrogen (secondary N) is 1. The highest BCUT2D eigenvalue weighted by Gasteiger charge is 2.23. The predicted molar refractivity (Wildman–Crippen MR) is 80.8 cm³/mol. The van der Waals surface area contributed by atoms with Crippen LogP contribution >= 0.6 is 11.6 Å². The topological polar surface area (TPSA) is 67.2 Å². The van der Waals surface area contributed by atoms with Crippen LogP contribution in [0.15, 0.2) is 23.0 Å². The molecule has 2 heterocycles. The Morgan fingerprint density at radius 3 is 2.71 bits per heavy atom. The van der Waals surface area contributed by atoms with Gasteiger partial charge in [-0.1, -0.05) is 11.6 Å². The second kappa shape index (κ2) is 5.46. The number of halogens is 1. The van der Waals surface area contributed by atoms with E-state index in [-0.39, 0.29) is 17.2 Å². The maximum atomic E-state index is 12.7. The van der Waals surface area contributed by atoms with Gasteiger partial charge in [0.25, 0.3) is 11.5 Å². The standard InChI is InChI=1S/C14H15ClN4O2/c1-18-13(20)10-3-2-9(15)8-11(10)12(17-18)14(21)19-6-4-16-5-7-19/h2-3,8,16H,4-7H2,1H3. The van der Waals surface area contributed by atoms with Crippen molar-refractivity contribution < 1.29 is 4.79 Å². The summed E-state index contributed by atoms with van der Waals surface area (Å²) < 4.78 is 1.20. The maximum Gasteiger partial charge on any atom is 0.275 e. The minimum atomic E-state index is -0.237. The average Bonchev–Trinajstić information content (AvgIpc) is 2.51. The van der Waals surface area contributed by atoms with Crippen LogP contribution in [0, 0.1) is 0 Å². The van der Waals surface area contributed by atoms with Crippen LogP contribution in [0.2, 0.25) is 5.02 Å². The number of nitrogens with zero attached hydrogens (tertiary/aromatic N) is 3. The molecular weight excluding hydrogens is 292 g/mol. The molecule has 1 aromatic carbocycles. The normalized spacial score (nSPS) is 15.4. The Morgan fingerprint density at radius 1 is 1.29 bits per heavy atom. The number of aryl methyl sites for hydroxylation is 1. The van der Waals surface area contributed by atoms with E-state index in [2.05, 4.69) is 10.4 Å². The Bertz CT molecular complexity index is 765. The zero-order valence-electron chi connectivity index (χ0n) is 11.6. The predicted octanol–water partition coefficient (Wildman–Crippen LogP) is 0.632. The van der Waals surface area contributed by atoms with E-state index in [9.17, 15) is 9.59 Å². The number of hydrogen-bond acceptors (Lipinski definition) is 4. The van der Waals surface area contributed by atoms with Crippen LogP contribution in [0.4, 0.5) is 0 Å². The van der Waals surface area contributed by atoms with Crippen LogP contribution in [-0.4, -0.2) is 46.8 Å². The van der Waals surface area contributed by atoms with Crippen LogP contribution in [0.5, 0.6) is 0 Å². The van der Waals surface area contributed by atoms with E-state index in [0.717, 1.165) is 13.1 Å². The molecule has 1 N–H and O–H groups in total. The van der Waals surface area contributed by atoms with Gasteiger partial charge in [-0.3, -0.25) is 9.59 Å². The zero-order valence-corrected chi connectivity index (χ0v) is 12.4. The van der Waals surface area contributed by atoms with Crippen molar-refractivity contribution in [3.63, 3.8) is 0 Å². The molecule has 7 heteroatoms. The summed E-state index contributed by atoms with van der Waals surface area (Å²) in [6.45, 7) is 2.78. The lowest BCUT2D eigenvalue weighted by Gasteiger charge is -2.27. The van der Waals surface area contributed by atoms with Crippen LogP contribution in [0.3, 0.4) is 0 Å². The second-order valence-electron chi connectivity index (χ2n) is 5.01. The third-order valence-corrected chi connectivity index (χ3v) is 3.85. The number of carbonyl (C=O) groups is 1. The first-order chi connectivity index (χ1) is 10.1. The van der Waals surface area contributed by atoms with Crippen molar-refractivity contribution in [2.24, 2.45) is 7.05 Å². The van der Waals surface area contributed by atoms with Gasteiger partial charge >= 0.3 is 0 Å². The van der Waals surface area contributed by atoms with Crippen LogP contribution < -0.4 is 10.9 Å². The van der Waals surface area contributed by atoms with E-state index < -0.39 is 0 Å². The third kappa shape index (κ3) is 2.52. The maximum absolute atomic E-state index is 12.7. The summed E-state index contributed by atoms with van der Waals surface area (Å²) in [5, 5.41) is 8.79. The molecule has 1 aromatic heterocycles. The summed E-state index contributed by atoms with van der Waals surface area (Å²) in [6, 6.07) is 4.90. The van der Waals surface area contributed by atoms with Gasteiger partial charge < -0.3 is 10.2 Å². The van der Waals surface area contributed by atoms with Crippen molar-refractivity contribution in [2.45, 2.75) is 0 Å². The Morgan fingerprint density at radius 2 is 2.00 bits per heavy atom. The van der Waals surface area contributed by atoms with Gasteiger partial charge in [-0.2, -0.15) is 5.10 Å². The first-order valence-electron chi connectivity index (χ1n) is 6.74. The number of benzene rings is 1. The molecule has 1 saturated heterocycles. The summed E-state index contributed by atoms with van der Waals surface area (Å²) in [6.07, 6.45) is 0. The molecule has 0 radical (unpaired) electrons. The van der Waals surface area contributed by atoms with Crippen molar-refractivity contribution in [1.82, 2.24) is 20.0 Å². The molecule has 0 bridgehead atoms. The molecule has 0 atom stereocenters. The molecule has 2 aromatic rings. The number of carbonyl (C=O) groups excluding carboxylic acids is 1. The average molecular weight is 307 g/mol. The van der Waals surface area contributed by atoms with E-state index in [1.807, 2.05) is 0 Å². The summed E-state index contributed by atoms with van der Waals surface area (Å²) in [4.78, 5) is 26.5. The largest absolute Gasteiger partial charge is 0.335 e. The molecule has 1 amide bonds. The van der Waals surface area contributed by atoms with Crippen molar-refractivity contribution in [3.8, 4) is 0 Å². The van der Waals surface area contributed by atoms with Crippen molar-refractivity contribution in [1.29, 1.82) is 0 Å². The van der Waals surface area contributed by atoms with Crippen molar-refractivity contribution in [2.75, 3.05) is 26.2 Å². The zero-order chi connectivity index (χ0) is 15.0. The summed E-state index contributed by atoms with van der Waals surface area (Å²) in [5.74, 6) is -0.167. The molecular formula is C14H15ClN4O2. The van der Waals surface area contributed by atoms with E-state index in [1.54, 1.807) is 30.1 Å². The van der Waals surface area contributed by atoms with Gasteiger partial charge in [0.15, 0.2) is 5.69 Å². The van der Waals surface area contributed by atoms with Crippen LogP contribution in [0.1, 0.15) is 10.5 Å². The van der Waals surface area contributed by atoms with Gasteiger partial charge in [0.2, 0.25) is 0 Å².